The highest BCUT2D eigenvalue weighted by Crippen LogP contribution is 2.48. The van der Waals surface area contributed by atoms with Gasteiger partial charge in [-0.1, -0.05) is 18.6 Å². The number of benzene rings is 2. The SMILES string of the molecule is COCCNC(=O)c1cc(Nc2nc(-c3ccc4c(c3)N(C3CC(N5CCCCC5)C3)C(=O)C4(C)C)cc3ncn(C(C)C)c23)c(F)cc1C. The molecule has 0 bridgehead atoms. The predicted octanol–water partition coefficient (Wildman–Crippen LogP) is 6.89. The average Bonchev–Trinajstić information content (AvgIpc) is 3.59. The molecule has 1 saturated heterocycles. The van der Waals surface area contributed by atoms with Crippen LogP contribution in [-0.2, 0) is 14.9 Å². The summed E-state index contributed by atoms with van der Waals surface area (Å²) in [6.45, 7) is 12.9. The molecule has 264 valence electrons. The van der Waals surface area contributed by atoms with Crippen molar-refractivity contribution in [3.05, 3.63) is 65.2 Å². The van der Waals surface area contributed by atoms with E-state index in [-0.39, 0.29) is 29.6 Å². The number of piperidine rings is 1. The number of nitrogens with zero attached hydrogens (tertiary/aromatic N) is 5. The number of rotatable bonds is 10. The van der Waals surface area contributed by atoms with Gasteiger partial charge in [-0.05, 0) is 109 Å². The largest absolute Gasteiger partial charge is 0.383 e. The number of imidazole rings is 1. The first-order valence-electron chi connectivity index (χ1n) is 17.9. The van der Waals surface area contributed by atoms with E-state index in [1.165, 1.54) is 31.4 Å². The number of pyridine rings is 1. The molecule has 2 amide bonds. The van der Waals surface area contributed by atoms with Gasteiger partial charge in [-0.25, -0.2) is 14.4 Å². The van der Waals surface area contributed by atoms with E-state index in [1.807, 2.05) is 35.4 Å². The van der Waals surface area contributed by atoms with Crippen molar-refractivity contribution >= 4 is 40.0 Å². The molecule has 4 aromatic rings. The highest BCUT2D eigenvalue weighted by Gasteiger charge is 2.50. The third kappa shape index (κ3) is 6.04. The molecule has 0 unspecified atom stereocenters. The van der Waals surface area contributed by atoms with Crippen LogP contribution in [0.4, 0.5) is 21.6 Å². The van der Waals surface area contributed by atoms with Gasteiger partial charge in [0, 0.05) is 48.6 Å². The van der Waals surface area contributed by atoms with Crippen LogP contribution in [0.1, 0.15) is 87.3 Å². The van der Waals surface area contributed by atoms with Gasteiger partial charge < -0.3 is 29.7 Å². The van der Waals surface area contributed by atoms with Crippen LogP contribution in [0.3, 0.4) is 0 Å². The first kappa shape index (κ1) is 34.1. The van der Waals surface area contributed by atoms with Gasteiger partial charge in [0.15, 0.2) is 5.82 Å². The van der Waals surface area contributed by atoms with Gasteiger partial charge in [0.05, 0.1) is 35.2 Å². The van der Waals surface area contributed by atoms with Crippen LogP contribution in [0.5, 0.6) is 0 Å². The Labute approximate surface area is 293 Å². The second-order valence-corrected chi connectivity index (χ2v) is 14.9. The second-order valence-electron chi connectivity index (χ2n) is 14.9. The molecule has 4 heterocycles. The zero-order valence-electron chi connectivity index (χ0n) is 30.0. The second kappa shape index (κ2) is 13.4. The van der Waals surface area contributed by atoms with Crippen molar-refractivity contribution in [3.8, 4) is 11.3 Å². The molecule has 3 aliphatic rings. The first-order valence-corrected chi connectivity index (χ1v) is 17.9. The molecule has 11 heteroatoms. The van der Waals surface area contributed by atoms with Crippen LogP contribution in [0.25, 0.3) is 22.3 Å². The molecule has 0 radical (unpaired) electrons. The summed E-state index contributed by atoms with van der Waals surface area (Å²) in [5.41, 5.74) is 5.29. The predicted molar refractivity (Wildman–Crippen MR) is 195 cm³/mol. The zero-order valence-corrected chi connectivity index (χ0v) is 30.0. The van der Waals surface area contributed by atoms with Crippen molar-refractivity contribution in [1.29, 1.82) is 0 Å². The van der Waals surface area contributed by atoms with E-state index in [0.717, 1.165) is 48.3 Å². The number of hydrogen-bond donors (Lipinski definition) is 2. The first-order chi connectivity index (χ1) is 24.0. The van der Waals surface area contributed by atoms with Gasteiger partial charge >= 0.3 is 0 Å². The van der Waals surface area contributed by atoms with Crippen LogP contribution in [0, 0.1) is 12.7 Å². The molecule has 7 rings (SSSR count). The fraction of sp³-hybridized carbons (Fsp3) is 0.487. The number of ether oxygens (including phenoxy) is 1. The molecule has 1 aliphatic carbocycles. The maximum atomic E-state index is 15.6. The summed E-state index contributed by atoms with van der Waals surface area (Å²) in [6, 6.07) is 11.8. The average molecular weight is 682 g/mol. The molecule has 2 aromatic heterocycles. The molecule has 10 nitrogen and oxygen atoms in total. The molecule has 50 heavy (non-hydrogen) atoms. The maximum Gasteiger partial charge on any atom is 0.251 e. The van der Waals surface area contributed by atoms with E-state index in [4.69, 9.17) is 14.7 Å². The van der Waals surface area contributed by atoms with E-state index >= 15 is 4.39 Å². The summed E-state index contributed by atoms with van der Waals surface area (Å²) in [4.78, 5) is 41.4. The van der Waals surface area contributed by atoms with Crippen molar-refractivity contribution in [2.45, 2.75) is 90.3 Å². The van der Waals surface area contributed by atoms with Gasteiger partial charge in [-0.3, -0.25) is 9.59 Å². The lowest BCUT2D eigenvalue weighted by Crippen LogP contribution is -2.57. The Kier molecular flexibility index (Phi) is 9.15. The summed E-state index contributed by atoms with van der Waals surface area (Å²) in [5.74, 6) is -0.237. The minimum absolute atomic E-state index is 0.0659. The van der Waals surface area contributed by atoms with Crippen LogP contribution >= 0.6 is 0 Å². The number of amides is 2. The third-order valence-corrected chi connectivity index (χ3v) is 10.9. The van der Waals surface area contributed by atoms with Gasteiger partial charge in [0.2, 0.25) is 5.91 Å². The number of anilines is 3. The minimum atomic E-state index is -0.624. The van der Waals surface area contributed by atoms with E-state index < -0.39 is 11.2 Å². The summed E-state index contributed by atoms with van der Waals surface area (Å²) in [6.07, 6.45) is 7.58. The van der Waals surface area contributed by atoms with E-state index in [1.54, 1.807) is 20.4 Å². The number of hydrogen-bond acceptors (Lipinski definition) is 7. The lowest BCUT2D eigenvalue weighted by Gasteiger charge is -2.48. The summed E-state index contributed by atoms with van der Waals surface area (Å²) in [7, 11) is 1.57. The Morgan fingerprint density at radius 2 is 1.84 bits per heavy atom. The van der Waals surface area contributed by atoms with Crippen molar-refractivity contribution < 1.29 is 18.7 Å². The number of aryl methyl sites for hydroxylation is 1. The number of carbonyl (C=O) groups is 2. The smallest absolute Gasteiger partial charge is 0.251 e. The Morgan fingerprint density at radius 1 is 1.08 bits per heavy atom. The lowest BCUT2D eigenvalue weighted by atomic mass is 9.82. The minimum Gasteiger partial charge on any atom is -0.383 e. The van der Waals surface area contributed by atoms with E-state index in [2.05, 4.69) is 41.5 Å². The van der Waals surface area contributed by atoms with Crippen LogP contribution in [0.15, 0.2) is 42.7 Å². The highest BCUT2D eigenvalue weighted by atomic mass is 19.1. The molecular formula is C39H48FN7O3. The molecule has 2 N–H and O–H groups in total. The van der Waals surface area contributed by atoms with Gasteiger partial charge in [0.1, 0.15) is 11.3 Å². The number of likely N-dealkylation sites (tertiary alicyclic amines) is 1. The number of nitrogens with one attached hydrogen (secondary N) is 2. The number of carbonyl (C=O) groups excluding carboxylic acids is 2. The summed E-state index contributed by atoms with van der Waals surface area (Å²) >= 11 is 0. The van der Waals surface area contributed by atoms with Gasteiger partial charge in [0.25, 0.3) is 5.91 Å². The van der Waals surface area contributed by atoms with Crippen molar-refractivity contribution in [1.82, 2.24) is 24.8 Å². The molecular weight excluding hydrogens is 633 g/mol. The molecule has 1 saturated carbocycles. The van der Waals surface area contributed by atoms with Crippen LogP contribution < -0.4 is 15.5 Å². The highest BCUT2D eigenvalue weighted by molar-refractivity contribution is 6.09. The van der Waals surface area contributed by atoms with Gasteiger partial charge in [-0.15, -0.1) is 0 Å². The zero-order chi connectivity index (χ0) is 35.3. The van der Waals surface area contributed by atoms with Crippen LogP contribution in [0.2, 0.25) is 0 Å². The maximum absolute atomic E-state index is 15.6. The van der Waals surface area contributed by atoms with Crippen LogP contribution in [-0.4, -0.2) is 76.7 Å². The Bertz CT molecular complexity index is 1940. The number of fused-ring (bicyclic) bond motifs is 2. The molecule has 0 atom stereocenters. The Hall–Kier alpha value is -4.35. The van der Waals surface area contributed by atoms with E-state index in [0.29, 0.717) is 47.3 Å². The topological polar surface area (TPSA) is 105 Å². The Morgan fingerprint density at radius 3 is 2.56 bits per heavy atom. The molecule has 2 aliphatic heterocycles. The molecule has 2 fully saturated rings. The lowest BCUT2D eigenvalue weighted by molar-refractivity contribution is -0.123. The normalized spacial score (nSPS) is 20.3. The monoisotopic (exact) mass is 681 g/mol. The molecule has 0 spiro atoms. The Balaban J connectivity index is 1.25. The number of halogens is 1. The number of aromatic nitrogens is 3. The molecule has 2 aromatic carbocycles. The fourth-order valence-corrected chi connectivity index (χ4v) is 7.85. The third-order valence-electron chi connectivity index (χ3n) is 10.9. The van der Waals surface area contributed by atoms with Crippen molar-refractivity contribution in [3.63, 3.8) is 0 Å². The summed E-state index contributed by atoms with van der Waals surface area (Å²) in [5, 5.41) is 6.05. The standard InChI is InChI=1S/C39H48FN7O3/c1-23(2)46-22-42-33-21-31(43-36(35(33)46)44-32-20-28(24(3)16-30(32)40)37(48)41-12-15-50-6)25-10-11-29-34(17-25)47(38(49)39(29,4)5)27-18-26(19-27)45-13-8-7-9-14-45/h10-11,16-17,20-23,26-27H,7-9,12-15,18-19H2,1-6H3,(H,41,48)(H,43,44). The number of methoxy groups -OCH3 is 1. The fourth-order valence-electron chi connectivity index (χ4n) is 7.85. The van der Waals surface area contributed by atoms with E-state index in [9.17, 15) is 9.59 Å². The van der Waals surface area contributed by atoms with Crippen molar-refractivity contribution in [2.24, 2.45) is 0 Å². The van der Waals surface area contributed by atoms with Crippen molar-refractivity contribution in [2.75, 3.05) is 43.6 Å². The summed E-state index contributed by atoms with van der Waals surface area (Å²) < 4.78 is 22.6. The van der Waals surface area contributed by atoms with Gasteiger partial charge in [-0.2, -0.15) is 0 Å². The quantitative estimate of drug-likeness (QED) is 0.176.